The minimum atomic E-state index is -0.649. The van der Waals surface area contributed by atoms with Gasteiger partial charge in [0.1, 0.15) is 12.4 Å². The second-order valence-corrected chi connectivity index (χ2v) is 9.62. The van der Waals surface area contributed by atoms with Gasteiger partial charge in [-0.3, -0.25) is 4.79 Å². The number of allylic oxidation sites excluding steroid dienone is 2. The molecule has 176 valence electrons. The third kappa shape index (κ3) is 4.08. The molecule has 35 heavy (non-hydrogen) atoms. The zero-order valence-corrected chi connectivity index (χ0v) is 21.2. The number of aryl methyl sites for hydroxylation is 1. The molecule has 0 aromatic heterocycles. The summed E-state index contributed by atoms with van der Waals surface area (Å²) in [6.07, 6.45) is 0. The van der Waals surface area contributed by atoms with Crippen molar-refractivity contribution in [2.75, 3.05) is 7.11 Å². The Morgan fingerprint density at radius 2 is 1.71 bits per heavy atom. The number of ether oxygens (including phenoxy) is 2. The fourth-order valence-electron chi connectivity index (χ4n) is 4.74. The molecule has 1 atom stereocenters. The second kappa shape index (κ2) is 9.19. The van der Waals surface area contributed by atoms with Gasteiger partial charge >= 0.3 is 5.97 Å². The number of rotatable bonds is 5. The van der Waals surface area contributed by atoms with Crippen molar-refractivity contribution in [1.82, 2.24) is 5.32 Å². The quantitative estimate of drug-likeness (QED) is 0.406. The highest BCUT2D eigenvalue weighted by Gasteiger charge is 2.43. The Bertz CT molecular complexity index is 1420. The topological polar surface area (TPSA) is 64.6 Å². The van der Waals surface area contributed by atoms with Crippen molar-refractivity contribution in [3.63, 3.8) is 0 Å². The molecular formula is C29H24BrNO4. The van der Waals surface area contributed by atoms with E-state index in [9.17, 15) is 9.59 Å². The van der Waals surface area contributed by atoms with E-state index in [0.29, 0.717) is 34.8 Å². The van der Waals surface area contributed by atoms with Crippen LogP contribution in [0.15, 0.2) is 88.0 Å². The molecule has 6 heteroatoms. The molecule has 5 rings (SSSR count). The summed E-state index contributed by atoms with van der Waals surface area (Å²) in [5, 5.41) is 3.31. The average molecular weight is 530 g/mol. The molecule has 0 fully saturated rings. The lowest BCUT2D eigenvalue weighted by Gasteiger charge is -2.30. The zero-order valence-electron chi connectivity index (χ0n) is 19.6. The Hall–Kier alpha value is -3.64. The molecule has 0 spiro atoms. The second-order valence-electron chi connectivity index (χ2n) is 8.71. The lowest BCUT2D eigenvalue weighted by atomic mass is 9.79. The lowest BCUT2D eigenvalue weighted by molar-refractivity contribution is -0.136. The van der Waals surface area contributed by atoms with Crippen molar-refractivity contribution in [1.29, 1.82) is 0 Å². The molecule has 0 amide bonds. The summed E-state index contributed by atoms with van der Waals surface area (Å²) >= 11 is 3.57. The summed E-state index contributed by atoms with van der Waals surface area (Å²) in [6.45, 7) is 4.23. The fourth-order valence-corrected chi connectivity index (χ4v) is 5.12. The number of esters is 1. The van der Waals surface area contributed by atoms with E-state index in [1.807, 2.05) is 80.6 Å². The molecule has 1 aliphatic carbocycles. The van der Waals surface area contributed by atoms with Crippen LogP contribution in [0.3, 0.4) is 0 Å². The molecule has 0 bridgehead atoms. The van der Waals surface area contributed by atoms with Crippen LogP contribution in [-0.4, -0.2) is 18.9 Å². The maximum Gasteiger partial charge on any atom is 0.336 e. The number of carbonyl (C=O) groups excluding carboxylic acids is 2. The molecular weight excluding hydrogens is 506 g/mol. The summed E-state index contributed by atoms with van der Waals surface area (Å²) in [5.41, 5.74) is 6.67. The highest BCUT2D eigenvalue weighted by atomic mass is 79.9. The fraction of sp³-hybridized carbons (Fsp3) is 0.172. The number of methoxy groups -OCH3 is 1. The van der Waals surface area contributed by atoms with E-state index in [1.54, 1.807) is 0 Å². The van der Waals surface area contributed by atoms with E-state index >= 15 is 0 Å². The zero-order chi connectivity index (χ0) is 24.7. The molecule has 0 saturated carbocycles. The number of Topliss-reactive ketones (excluding diaryl/α,β-unsaturated/α-hetero) is 1. The molecule has 2 aliphatic rings. The van der Waals surface area contributed by atoms with Crippen LogP contribution in [0.5, 0.6) is 5.75 Å². The van der Waals surface area contributed by atoms with Gasteiger partial charge in [-0.2, -0.15) is 0 Å². The maximum absolute atomic E-state index is 13.7. The van der Waals surface area contributed by atoms with Gasteiger partial charge in [0.25, 0.3) is 0 Å². The standard InChI is InChI=1S/C29H24BrNO4/c1-16-8-10-18(11-9-16)15-35-23-13-12-19(30)14-22(23)25-24(29(33)34-3)17(2)31-27-20-6-4-5-7-21(20)28(32)26(25)27/h4-14,25,31H,15H2,1-3H3/t25-/m0/s1. The Kier molecular flexibility index (Phi) is 6.07. The van der Waals surface area contributed by atoms with Crippen molar-refractivity contribution in [2.45, 2.75) is 26.4 Å². The van der Waals surface area contributed by atoms with Gasteiger partial charge in [0.05, 0.1) is 24.3 Å². The van der Waals surface area contributed by atoms with E-state index in [2.05, 4.69) is 21.2 Å². The van der Waals surface area contributed by atoms with Gasteiger partial charge in [0, 0.05) is 32.4 Å². The lowest BCUT2D eigenvalue weighted by Crippen LogP contribution is -2.29. The first kappa shape index (κ1) is 23.1. The number of hydrogen-bond acceptors (Lipinski definition) is 5. The number of benzene rings is 3. The summed E-state index contributed by atoms with van der Waals surface area (Å²) in [5.74, 6) is -0.638. The summed E-state index contributed by atoms with van der Waals surface area (Å²) < 4.78 is 12.3. The first-order chi connectivity index (χ1) is 16.9. The highest BCUT2D eigenvalue weighted by Crippen LogP contribution is 2.49. The van der Waals surface area contributed by atoms with Gasteiger partial charge in [-0.15, -0.1) is 0 Å². The molecule has 0 unspecified atom stereocenters. The van der Waals surface area contributed by atoms with Crippen LogP contribution in [0.4, 0.5) is 0 Å². The van der Waals surface area contributed by atoms with Gasteiger partial charge < -0.3 is 14.8 Å². The molecule has 0 radical (unpaired) electrons. The molecule has 0 saturated heterocycles. The average Bonchev–Trinajstić information content (AvgIpc) is 3.14. The number of dihydropyridines is 1. The summed E-state index contributed by atoms with van der Waals surface area (Å²) in [7, 11) is 1.35. The van der Waals surface area contributed by atoms with Crippen molar-refractivity contribution in [3.05, 3.63) is 116 Å². The molecule has 3 aromatic rings. The van der Waals surface area contributed by atoms with Gasteiger partial charge in [0.2, 0.25) is 0 Å². The summed E-state index contributed by atoms with van der Waals surface area (Å²) in [4.78, 5) is 26.7. The van der Waals surface area contributed by atoms with Crippen LogP contribution in [0.25, 0.3) is 5.70 Å². The van der Waals surface area contributed by atoms with E-state index in [1.165, 1.54) is 12.7 Å². The molecule has 3 aromatic carbocycles. The largest absolute Gasteiger partial charge is 0.489 e. The smallest absolute Gasteiger partial charge is 0.336 e. The van der Waals surface area contributed by atoms with E-state index in [4.69, 9.17) is 9.47 Å². The predicted molar refractivity (Wildman–Crippen MR) is 138 cm³/mol. The first-order valence-electron chi connectivity index (χ1n) is 11.3. The minimum Gasteiger partial charge on any atom is -0.489 e. The van der Waals surface area contributed by atoms with Gasteiger partial charge in [0.15, 0.2) is 5.78 Å². The van der Waals surface area contributed by atoms with Crippen LogP contribution >= 0.6 is 15.9 Å². The van der Waals surface area contributed by atoms with Crippen molar-refractivity contribution < 1.29 is 19.1 Å². The van der Waals surface area contributed by atoms with Gasteiger partial charge in [-0.05, 0) is 37.6 Å². The number of carbonyl (C=O) groups is 2. The summed E-state index contributed by atoms with van der Waals surface area (Å²) in [6, 6.07) is 21.3. The number of halogens is 1. The van der Waals surface area contributed by atoms with Gasteiger partial charge in [-0.1, -0.05) is 70.0 Å². The Morgan fingerprint density at radius 1 is 1.00 bits per heavy atom. The van der Waals surface area contributed by atoms with Crippen LogP contribution in [0.2, 0.25) is 0 Å². The number of fused-ring (bicyclic) bond motifs is 2. The van der Waals surface area contributed by atoms with E-state index < -0.39 is 11.9 Å². The molecule has 1 aliphatic heterocycles. The Labute approximate surface area is 212 Å². The predicted octanol–water partition coefficient (Wildman–Crippen LogP) is 6.08. The van der Waals surface area contributed by atoms with Crippen LogP contribution < -0.4 is 10.1 Å². The SMILES string of the molecule is COC(=O)C1=C(C)NC2=C(C(=O)c3ccccc32)[C@H]1c1cc(Br)ccc1OCc1ccc(C)cc1. The number of hydrogen-bond donors (Lipinski definition) is 1. The van der Waals surface area contributed by atoms with Gasteiger partial charge in [-0.25, -0.2) is 4.79 Å². The Balaban J connectivity index is 1.64. The van der Waals surface area contributed by atoms with Crippen molar-refractivity contribution in [3.8, 4) is 5.75 Å². The van der Waals surface area contributed by atoms with Crippen LogP contribution in [-0.2, 0) is 16.1 Å². The monoisotopic (exact) mass is 529 g/mol. The van der Waals surface area contributed by atoms with E-state index in [0.717, 1.165) is 26.9 Å². The molecule has 1 heterocycles. The minimum absolute atomic E-state index is 0.105. The first-order valence-corrected chi connectivity index (χ1v) is 12.1. The number of ketones is 1. The van der Waals surface area contributed by atoms with Crippen LogP contribution in [0.1, 0.15) is 45.5 Å². The van der Waals surface area contributed by atoms with Crippen LogP contribution in [0, 0.1) is 6.92 Å². The number of nitrogens with one attached hydrogen (secondary N) is 1. The third-order valence-electron chi connectivity index (χ3n) is 6.45. The Morgan fingerprint density at radius 3 is 2.43 bits per heavy atom. The molecule has 5 nitrogen and oxygen atoms in total. The molecule has 1 N–H and O–H groups in total. The van der Waals surface area contributed by atoms with E-state index in [-0.39, 0.29) is 5.78 Å². The third-order valence-corrected chi connectivity index (χ3v) is 6.95. The van der Waals surface area contributed by atoms with Crippen molar-refractivity contribution in [2.24, 2.45) is 0 Å². The highest BCUT2D eigenvalue weighted by molar-refractivity contribution is 9.10. The van der Waals surface area contributed by atoms with Crippen molar-refractivity contribution >= 4 is 33.4 Å². The maximum atomic E-state index is 13.7. The normalized spacial score (nSPS) is 16.6.